The minimum absolute atomic E-state index is 0.0175. The smallest absolute Gasteiger partial charge is 0.250 e. The van der Waals surface area contributed by atoms with Crippen molar-refractivity contribution in [1.29, 1.82) is 0 Å². The van der Waals surface area contributed by atoms with E-state index in [4.69, 9.17) is 0 Å². The van der Waals surface area contributed by atoms with Gasteiger partial charge in [0.25, 0.3) is 5.56 Å². The van der Waals surface area contributed by atoms with Gasteiger partial charge in [0, 0.05) is 28.3 Å². The predicted octanol–water partition coefficient (Wildman–Crippen LogP) is 3.21. The number of benzene rings is 1. The molecule has 0 N–H and O–H groups in total. The van der Waals surface area contributed by atoms with Crippen molar-refractivity contribution in [1.82, 2.24) is 9.55 Å². The molecule has 0 bridgehead atoms. The summed E-state index contributed by atoms with van der Waals surface area (Å²) < 4.78 is 2.56. The van der Waals surface area contributed by atoms with Crippen LogP contribution in [0.3, 0.4) is 0 Å². The van der Waals surface area contributed by atoms with Gasteiger partial charge >= 0.3 is 0 Å². The molecule has 0 aliphatic heterocycles. The first kappa shape index (κ1) is 12.1. The summed E-state index contributed by atoms with van der Waals surface area (Å²) in [6.07, 6.45) is 3.57. The Morgan fingerprint density at radius 2 is 1.95 bits per heavy atom. The lowest BCUT2D eigenvalue weighted by molar-refractivity contribution is 0.759. The maximum atomic E-state index is 11.8. The zero-order valence-electron chi connectivity index (χ0n) is 10.1. The van der Waals surface area contributed by atoms with E-state index in [-0.39, 0.29) is 5.56 Å². The number of para-hydroxylation sites is 1. The van der Waals surface area contributed by atoms with Gasteiger partial charge in [-0.15, -0.1) is 0 Å². The lowest BCUT2D eigenvalue weighted by Crippen LogP contribution is -2.18. The summed E-state index contributed by atoms with van der Waals surface area (Å²) in [6, 6.07) is 13.3. The third-order valence-corrected chi connectivity index (χ3v) is 3.47. The lowest BCUT2D eigenvalue weighted by Gasteiger charge is -2.08. The summed E-state index contributed by atoms with van der Waals surface area (Å²) in [7, 11) is 0. The molecule has 1 aromatic carbocycles. The summed E-state index contributed by atoms with van der Waals surface area (Å²) >= 11 is 3.38. The van der Waals surface area contributed by atoms with Crippen LogP contribution in [0.15, 0.2) is 64.1 Å². The largest absolute Gasteiger partial charge is 0.310 e. The Morgan fingerprint density at radius 1 is 1.11 bits per heavy atom. The Labute approximate surface area is 118 Å². The molecule has 3 rings (SSSR count). The quantitative estimate of drug-likeness (QED) is 0.728. The minimum atomic E-state index is -0.0175. The topological polar surface area (TPSA) is 34.9 Å². The molecular weight excluding hydrogens is 304 g/mol. The highest BCUT2D eigenvalue weighted by molar-refractivity contribution is 9.10. The fraction of sp³-hybridized carbons (Fsp3) is 0.0667. The van der Waals surface area contributed by atoms with Crippen LogP contribution in [0.4, 0.5) is 0 Å². The molecule has 0 amide bonds. The van der Waals surface area contributed by atoms with Crippen molar-refractivity contribution in [2.24, 2.45) is 0 Å². The van der Waals surface area contributed by atoms with Crippen LogP contribution < -0.4 is 5.56 Å². The normalized spacial score (nSPS) is 10.8. The third-order valence-electron chi connectivity index (χ3n) is 3.00. The number of halogens is 1. The van der Waals surface area contributed by atoms with E-state index in [0.717, 1.165) is 20.9 Å². The molecule has 0 saturated heterocycles. The number of pyridine rings is 2. The van der Waals surface area contributed by atoms with E-state index < -0.39 is 0 Å². The maximum absolute atomic E-state index is 11.8. The first-order valence-corrected chi connectivity index (χ1v) is 6.72. The molecule has 0 unspecified atom stereocenters. The van der Waals surface area contributed by atoms with Gasteiger partial charge in [0.2, 0.25) is 0 Å². The SMILES string of the molecule is O=c1ccc(Br)cn1Cc1cccc2cccnc12. The highest BCUT2D eigenvalue weighted by Gasteiger charge is 2.04. The molecule has 94 valence electrons. The zero-order chi connectivity index (χ0) is 13.2. The van der Waals surface area contributed by atoms with Crippen LogP contribution in [0.2, 0.25) is 0 Å². The molecule has 2 aromatic heterocycles. The molecular formula is C15H11BrN2O. The van der Waals surface area contributed by atoms with E-state index in [1.807, 2.05) is 30.3 Å². The Bertz CT molecular complexity index is 790. The van der Waals surface area contributed by atoms with Gasteiger partial charge in [-0.25, -0.2) is 0 Å². The first-order chi connectivity index (χ1) is 9.24. The second-order valence-corrected chi connectivity index (χ2v) is 5.22. The molecule has 3 aromatic rings. The van der Waals surface area contributed by atoms with Crippen molar-refractivity contribution >= 4 is 26.8 Å². The number of nitrogens with zero attached hydrogens (tertiary/aromatic N) is 2. The molecule has 0 atom stereocenters. The van der Waals surface area contributed by atoms with Crippen molar-refractivity contribution in [2.75, 3.05) is 0 Å². The lowest BCUT2D eigenvalue weighted by atomic mass is 10.1. The average molecular weight is 315 g/mol. The number of aromatic nitrogens is 2. The molecule has 19 heavy (non-hydrogen) atoms. The predicted molar refractivity (Wildman–Crippen MR) is 79.2 cm³/mol. The first-order valence-electron chi connectivity index (χ1n) is 5.93. The van der Waals surface area contributed by atoms with Gasteiger partial charge < -0.3 is 4.57 Å². The summed E-state index contributed by atoms with van der Waals surface area (Å²) in [5.41, 5.74) is 1.96. The molecule has 0 fully saturated rings. The monoisotopic (exact) mass is 314 g/mol. The molecule has 0 aliphatic rings. The van der Waals surface area contributed by atoms with Gasteiger partial charge in [-0.1, -0.05) is 24.3 Å². The van der Waals surface area contributed by atoms with Crippen LogP contribution in [0, 0.1) is 0 Å². The molecule has 4 heteroatoms. The van der Waals surface area contributed by atoms with Crippen LogP contribution in [0.5, 0.6) is 0 Å². The van der Waals surface area contributed by atoms with Crippen molar-refractivity contribution < 1.29 is 0 Å². The fourth-order valence-electron chi connectivity index (χ4n) is 2.10. The number of rotatable bonds is 2. The van der Waals surface area contributed by atoms with E-state index in [9.17, 15) is 4.79 Å². The highest BCUT2D eigenvalue weighted by atomic mass is 79.9. The second kappa shape index (κ2) is 4.97. The van der Waals surface area contributed by atoms with E-state index in [1.165, 1.54) is 0 Å². The van der Waals surface area contributed by atoms with Gasteiger partial charge in [-0.05, 0) is 33.6 Å². The van der Waals surface area contributed by atoms with E-state index in [2.05, 4.69) is 20.9 Å². The second-order valence-electron chi connectivity index (χ2n) is 4.31. The molecule has 2 heterocycles. The van der Waals surface area contributed by atoms with Crippen LogP contribution in [0.1, 0.15) is 5.56 Å². The average Bonchev–Trinajstić information content (AvgIpc) is 2.43. The van der Waals surface area contributed by atoms with Crippen molar-refractivity contribution in [3.8, 4) is 0 Å². The zero-order valence-corrected chi connectivity index (χ0v) is 11.7. The summed E-state index contributed by atoms with van der Waals surface area (Å²) in [6.45, 7) is 0.520. The summed E-state index contributed by atoms with van der Waals surface area (Å²) in [5.74, 6) is 0. The molecule has 3 nitrogen and oxygen atoms in total. The standard InChI is InChI=1S/C15H11BrN2O/c16-13-6-7-14(19)18(10-13)9-12-4-1-3-11-5-2-8-17-15(11)12/h1-8,10H,9H2. The van der Waals surface area contributed by atoms with Crippen LogP contribution in [-0.2, 0) is 6.54 Å². The van der Waals surface area contributed by atoms with Crippen LogP contribution in [0.25, 0.3) is 10.9 Å². The summed E-state index contributed by atoms with van der Waals surface area (Å²) in [4.78, 5) is 16.2. The summed E-state index contributed by atoms with van der Waals surface area (Å²) in [5, 5.41) is 1.09. The Hall–Kier alpha value is -1.94. The Morgan fingerprint density at radius 3 is 2.84 bits per heavy atom. The van der Waals surface area contributed by atoms with E-state index in [1.54, 1.807) is 29.1 Å². The van der Waals surface area contributed by atoms with Gasteiger partial charge in [0.05, 0.1) is 12.1 Å². The van der Waals surface area contributed by atoms with Crippen molar-refractivity contribution in [3.05, 3.63) is 75.2 Å². The number of hydrogen-bond acceptors (Lipinski definition) is 2. The van der Waals surface area contributed by atoms with Crippen LogP contribution in [-0.4, -0.2) is 9.55 Å². The fourth-order valence-corrected chi connectivity index (χ4v) is 2.48. The van der Waals surface area contributed by atoms with Crippen molar-refractivity contribution in [3.63, 3.8) is 0 Å². The maximum Gasteiger partial charge on any atom is 0.250 e. The molecule has 0 spiro atoms. The third kappa shape index (κ3) is 2.44. The highest BCUT2D eigenvalue weighted by Crippen LogP contribution is 2.17. The molecule has 0 saturated carbocycles. The molecule has 0 radical (unpaired) electrons. The Balaban J connectivity index is 2.11. The van der Waals surface area contributed by atoms with Crippen LogP contribution >= 0.6 is 15.9 Å². The van der Waals surface area contributed by atoms with Gasteiger partial charge in [0.15, 0.2) is 0 Å². The number of hydrogen-bond donors (Lipinski definition) is 0. The van der Waals surface area contributed by atoms with Crippen molar-refractivity contribution in [2.45, 2.75) is 6.54 Å². The van der Waals surface area contributed by atoms with E-state index >= 15 is 0 Å². The minimum Gasteiger partial charge on any atom is -0.310 e. The van der Waals surface area contributed by atoms with Gasteiger partial charge in [-0.3, -0.25) is 9.78 Å². The van der Waals surface area contributed by atoms with Gasteiger partial charge in [0.1, 0.15) is 0 Å². The van der Waals surface area contributed by atoms with E-state index in [0.29, 0.717) is 6.54 Å². The number of fused-ring (bicyclic) bond motifs is 1. The van der Waals surface area contributed by atoms with Gasteiger partial charge in [-0.2, -0.15) is 0 Å². The Kier molecular flexibility index (Phi) is 3.17. The molecule has 0 aliphatic carbocycles.